The Morgan fingerprint density at radius 1 is 1.25 bits per heavy atom. The molecule has 0 aliphatic rings. The largest absolute Gasteiger partial charge is 0.341 e. The maximum Gasteiger partial charge on any atom is 0.158 e. The summed E-state index contributed by atoms with van der Waals surface area (Å²) in [6.07, 6.45) is 2.65. The van der Waals surface area contributed by atoms with Crippen LogP contribution < -0.4 is 0 Å². The lowest BCUT2D eigenvalue weighted by molar-refractivity contribution is 0.979. The minimum atomic E-state index is 0.560. The van der Waals surface area contributed by atoms with Gasteiger partial charge in [-0.05, 0) is 33.8 Å². The molecular formula is C15H12BrN3S. The van der Waals surface area contributed by atoms with Crippen molar-refractivity contribution in [2.75, 3.05) is 0 Å². The van der Waals surface area contributed by atoms with Gasteiger partial charge in [0.2, 0.25) is 0 Å². The molecule has 2 heterocycles. The number of rotatable bonds is 2. The van der Waals surface area contributed by atoms with E-state index in [1.807, 2.05) is 24.3 Å². The second kappa shape index (κ2) is 5.42. The summed E-state index contributed by atoms with van der Waals surface area (Å²) >= 11 is 8.79. The highest BCUT2D eigenvalue weighted by molar-refractivity contribution is 9.10. The predicted octanol–water partition coefficient (Wildman–Crippen LogP) is 4.68. The van der Waals surface area contributed by atoms with Crippen LogP contribution in [0.25, 0.3) is 22.3 Å². The van der Waals surface area contributed by atoms with Crippen LogP contribution in [-0.2, 0) is 6.42 Å². The molecule has 0 saturated heterocycles. The second-order valence-corrected chi connectivity index (χ2v) is 5.60. The molecule has 3 nitrogen and oxygen atoms in total. The SMILES string of the molecule is CCc1[nH]c(-c2nccc3ccccc23)nc(=S)c1Br. The van der Waals surface area contributed by atoms with Gasteiger partial charge in [0.15, 0.2) is 5.82 Å². The molecule has 0 spiro atoms. The Labute approximate surface area is 130 Å². The zero-order valence-electron chi connectivity index (χ0n) is 10.9. The van der Waals surface area contributed by atoms with Gasteiger partial charge in [0, 0.05) is 17.3 Å². The average Bonchev–Trinajstić information content (AvgIpc) is 2.49. The fraction of sp³-hybridized carbons (Fsp3) is 0.133. The highest BCUT2D eigenvalue weighted by atomic mass is 79.9. The van der Waals surface area contributed by atoms with E-state index in [9.17, 15) is 0 Å². The fourth-order valence-electron chi connectivity index (χ4n) is 2.17. The van der Waals surface area contributed by atoms with Crippen LogP contribution in [0.15, 0.2) is 41.0 Å². The van der Waals surface area contributed by atoms with E-state index < -0.39 is 0 Å². The van der Waals surface area contributed by atoms with Crippen molar-refractivity contribution in [3.8, 4) is 11.5 Å². The van der Waals surface area contributed by atoms with Gasteiger partial charge >= 0.3 is 0 Å². The molecule has 2 aromatic heterocycles. The molecule has 0 amide bonds. The third-order valence-corrected chi connectivity index (χ3v) is 4.60. The smallest absolute Gasteiger partial charge is 0.158 e. The minimum Gasteiger partial charge on any atom is -0.341 e. The Kier molecular flexibility index (Phi) is 3.63. The van der Waals surface area contributed by atoms with Crippen LogP contribution in [0.2, 0.25) is 0 Å². The lowest BCUT2D eigenvalue weighted by atomic mass is 10.1. The van der Waals surface area contributed by atoms with Crippen molar-refractivity contribution in [3.05, 3.63) is 51.3 Å². The van der Waals surface area contributed by atoms with E-state index in [2.05, 4.69) is 43.9 Å². The van der Waals surface area contributed by atoms with Crippen LogP contribution in [0, 0.1) is 4.64 Å². The van der Waals surface area contributed by atoms with Gasteiger partial charge in [-0.25, -0.2) is 4.98 Å². The lowest BCUT2D eigenvalue weighted by Gasteiger charge is -2.08. The topological polar surface area (TPSA) is 41.6 Å². The normalized spacial score (nSPS) is 10.9. The quantitative estimate of drug-likeness (QED) is 0.685. The number of hydrogen-bond acceptors (Lipinski definition) is 3. The van der Waals surface area contributed by atoms with Gasteiger partial charge in [-0.2, -0.15) is 0 Å². The highest BCUT2D eigenvalue weighted by Gasteiger charge is 2.10. The van der Waals surface area contributed by atoms with E-state index in [1.165, 1.54) is 0 Å². The number of aromatic nitrogens is 3. The van der Waals surface area contributed by atoms with E-state index in [-0.39, 0.29) is 0 Å². The Morgan fingerprint density at radius 2 is 2.05 bits per heavy atom. The number of nitrogens with one attached hydrogen (secondary N) is 1. The van der Waals surface area contributed by atoms with Crippen molar-refractivity contribution in [1.82, 2.24) is 15.0 Å². The van der Waals surface area contributed by atoms with E-state index in [1.54, 1.807) is 6.20 Å². The predicted molar refractivity (Wildman–Crippen MR) is 87.2 cm³/mol. The van der Waals surface area contributed by atoms with Crippen molar-refractivity contribution >= 4 is 38.9 Å². The molecule has 0 fully saturated rings. The molecule has 3 aromatic rings. The first-order valence-electron chi connectivity index (χ1n) is 6.33. The molecule has 1 N–H and O–H groups in total. The third-order valence-electron chi connectivity index (χ3n) is 3.19. The number of hydrogen-bond donors (Lipinski definition) is 1. The van der Waals surface area contributed by atoms with Crippen molar-refractivity contribution in [2.45, 2.75) is 13.3 Å². The summed E-state index contributed by atoms with van der Waals surface area (Å²) in [6, 6.07) is 10.1. The van der Waals surface area contributed by atoms with Gasteiger partial charge in [0.25, 0.3) is 0 Å². The summed E-state index contributed by atoms with van der Waals surface area (Å²) in [7, 11) is 0. The fourth-order valence-corrected chi connectivity index (χ4v) is 2.85. The minimum absolute atomic E-state index is 0.560. The molecule has 5 heteroatoms. The summed E-state index contributed by atoms with van der Waals surface area (Å²) in [4.78, 5) is 12.2. The van der Waals surface area contributed by atoms with Crippen molar-refractivity contribution in [1.29, 1.82) is 0 Å². The summed E-state index contributed by atoms with van der Waals surface area (Å²) in [5, 5.41) is 2.21. The molecule has 0 atom stereocenters. The Hall–Kier alpha value is -1.59. The molecule has 20 heavy (non-hydrogen) atoms. The number of benzene rings is 1. The number of H-pyrrole nitrogens is 1. The first kappa shape index (κ1) is 13.4. The zero-order chi connectivity index (χ0) is 14.1. The monoisotopic (exact) mass is 345 g/mol. The molecule has 1 aromatic carbocycles. The van der Waals surface area contributed by atoms with Crippen LogP contribution in [0.4, 0.5) is 0 Å². The zero-order valence-corrected chi connectivity index (χ0v) is 13.3. The maximum absolute atomic E-state index is 5.31. The maximum atomic E-state index is 5.31. The van der Waals surface area contributed by atoms with Crippen LogP contribution in [0.3, 0.4) is 0 Å². The molecule has 100 valence electrons. The summed E-state index contributed by atoms with van der Waals surface area (Å²) < 4.78 is 1.42. The molecule has 0 aliphatic heterocycles. The van der Waals surface area contributed by atoms with Gasteiger partial charge in [0.1, 0.15) is 10.3 Å². The van der Waals surface area contributed by atoms with Gasteiger partial charge in [-0.1, -0.05) is 43.4 Å². The van der Waals surface area contributed by atoms with Crippen molar-refractivity contribution in [2.24, 2.45) is 0 Å². The summed E-state index contributed by atoms with van der Waals surface area (Å²) in [5.41, 5.74) is 1.87. The van der Waals surface area contributed by atoms with Crippen molar-refractivity contribution < 1.29 is 0 Å². The van der Waals surface area contributed by atoms with Gasteiger partial charge in [0.05, 0.1) is 4.47 Å². The van der Waals surface area contributed by atoms with Crippen LogP contribution in [0.5, 0.6) is 0 Å². The number of halogens is 1. The van der Waals surface area contributed by atoms with Crippen LogP contribution >= 0.6 is 28.1 Å². The number of aryl methyl sites for hydroxylation is 1. The first-order chi connectivity index (χ1) is 9.70. The molecule has 3 rings (SSSR count). The number of fused-ring (bicyclic) bond motifs is 1. The lowest BCUT2D eigenvalue weighted by Crippen LogP contribution is -1.99. The van der Waals surface area contributed by atoms with Gasteiger partial charge in [-0.15, -0.1) is 0 Å². The standard InChI is InChI=1S/C15H12BrN3S/c1-2-11-12(16)15(20)19-14(18-11)13-10-6-4-3-5-9(10)7-8-17-13/h3-8H,2H2,1H3,(H,18,19,20). The van der Waals surface area contributed by atoms with Gasteiger partial charge in [-0.3, -0.25) is 4.98 Å². The molecule has 0 saturated carbocycles. The van der Waals surface area contributed by atoms with Crippen LogP contribution in [-0.4, -0.2) is 15.0 Å². The summed E-state index contributed by atoms with van der Waals surface area (Å²) in [5.74, 6) is 0.715. The molecular weight excluding hydrogens is 334 g/mol. The molecule has 0 aliphatic carbocycles. The van der Waals surface area contributed by atoms with E-state index in [0.717, 1.165) is 33.1 Å². The van der Waals surface area contributed by atoms with E-state index in [4.69, 9.17) is 12.2 Å². The Bertz CT molecular complexity index is 837. The number of aromatic amines is 1. The third kappa shape index (κ3) is 2.27. The second-order valence-electron chi connectivity index (χ2n) is 4.42. The van der Waals surface area contributed by atoms with Crippen LogP contribution in [0.1, 0.15) is 12.6 Å². The first-order valence-corrected chi connectivity index (χ1v) is 7.53. The number of pyridine rings is 1. The average molecular weight is 346 g/mol. The van der Waals surface area contributed by atoms with Crippen molar-refractivity contribution in [3.63, 3.8) is 0 Å². The molecule has 0 unspecified atom stereocenters. The molecule has 0 bridgehead atoms. The number of nitrogens with zero attached hydrogens (tertiary/aromatic N) is 2. The molecule has 0 radical (unpaired) electrons. The highest BCUT2D eigenvalue weighted by Crippen LogP contribution is 2.26. The van der Waals surface area contributed by atoms with Gasteiger partial charge < -0.3 is 4.98 Å². The Morgan fingerprint density at radius 3 is 2.85 bits per heavy atom. The van der Waals surface area contributed by atoms with E-state index in [0.29, 0.717) is 10.5 Å². The van der Waals surface area contributed by atoms with E-state index >= 15 is 0 Å². The summed E-state index contributed by atoms with van der Waals surface area (Å²) in [6.45, 7) is 2.08. The Balaban J connectivity index is 2.31.